The van der Waals surface area contributed by atoms with E-state index in [0.29, 0.717) is 12.4 Å². The molecule has 3 heterocycles. The molecule has 0 radical (unpaired) electrons. The zero-order valence-corrected chi connectivity index (χ0v) is 17.4. The molecule has 176 valence electrons. The van der Waals surface area contributed by atoms with Crippen molar-refractivity contribution >= 4 is 5.91 Å². The maximum Gasteiger partial charge on any atom is 0.419 e. The molecule has 1 aromatic carbocycles. The number of alkyl halides is 5. The quantitative estimate of drug-likeness (QED) is 0.522. The van der Waals surface area contributed by atoms with Crippen LogP contribution in [0.25, 0.3) is 5.69 Å². The van der Waals surface area contributed by atoms with Gasteiger partial charge in [-0.05, 0) is 24.6 Å². The molecule has 8 nitrogen and oxygen atoms in total. The zero-order chi connectivity index (χ0) is 24.5. The summed E-state index contributed by atoms with van der Waals surface area (Å²) in [5, 5.41) is 17.2. The Hall–Kier alpha value is -3.95. The van der Waals surface area contributed by atoms with Crippen molar-refractivity contribution < 1.29 is 26.7 Å². The van der Waals surface area contributed by atoms with Gasteiger partial charge >= 0.3 is 6.18 Å². The van der Waals surface area contributed by atoms with Crippen LogP contribution in [0.15, 0.2) is 43.0 Å². The van der Waals surface area contributed by atoms with Crippen LogP contribution >= 0.6 is 0 Å². The third-order valence-corrected chi connectivity index (χ3v) is 5.47. The fourth-order valence-corrected chi connectivity index (χ4v) is 3.77. The van der Waals surface area contributed by atoms with Gasteiger partial charge in [-0.1, -0.05) is 0 Å². The molecular weight excluding hydrogens is 461 g/mol. The lowest BCUT2D eigenvalue weighted by Gasteiger charge is -2.28. The number of carbonyl (C=O) groups excluding carboxylic acids is 1. The Labute approximate surface area is 189 Å². The first-order valence-corrected chi connectivity index (χ1v) is 10.1. The molecule has 13 heteroatoms. The second-order valence-electron chi connectivity index (χ2n) is 7.61. The van der Waals surface area contributed by atoms with Crippen molar-refractivity contribution in [1.82, 2.24) is 29.9 Å². The summed E-state index contributed by atoms with van der Waals surface area (Å²) in [6.45, 7) is -0.243. The van der Waals surface area contributed by atoms with E-state index < -0.39 is 36.0 Å². The minimum atomic E-state index is -4.61. The molecule has 1 aliphatic heterocycles. The second kappa shape index (κ2) is 8.77. The third kappa shape index (κ3) is 4.57. The number of aromatic nitrogens is 5. The molecule has 1 amide bonds. The van der Waals surface area contributed by atoms with Gasteiger partial charge < -0.3 is 4.90 Å². The van der Waals surface area contributed by atoms with Gasteiger partial charge in [0.05, 0.1) is 46.9 Å². The molecule has 2 aromatic heterocycles. The Balaban J connectivity index is 1.59. The number of carbonyl (C=O) groups is 1. The molecule has 1 fully saturated rings. The highest BCUT2D eigenvalue weighted by Crippen LogP contribution is 2.38. The number of nitrogens with zero attached hydrogens (tertiary/aromatic N) is 7. The van der Waals surface area contributed by atoms with Gasteiger partial charge in [0.25, 0.3) is 11.8 Å². The minimum Gasteiger partial charge on any atom is -0.329 e. The van der Waals surface area contributed by atoms with Crippen LogP contribution < -0.4 is 0 Å². The number of amides is 1. The van der Waals surface area contributed by atoms with Crippen molar-refractivity contribution in [3.05, 3.63) is 65.5 Å². The van der Waals surface area contributed by atoms with Crippen molar-refractivity contribution in [2.45, 2.75) is 37.4 Å². The van der Waals surface area contributed by atoms with E-state index in [1.807, 2.05) is 6.07 Å². The fourth-order valence-electron chi connectivity index (χ4n) is 3.77. The predicted molar refractivity (Wildman–Crippen MR) is 106 cm³/mol. The largest absolute Gasteiger partial charge is 0.419 e. The predicted octanol–water partition coefficient (Wildman–Crippen LogP) is 3.43. The Bertz CT molecular complexity index is 1220. The number of likely N-dealkylation sites (tertiary alicyclic amines) is 1. The summed E-state index contributed by atoms with van der Waals surface area (Å²) in [6.07, 6.45) is -1.68. The average molecular weight is 477 g/mol. The van der Waals surface area contributed by atoms with Crippen LogP contribution in [0.2, 0.25) is 0 Å². The monoisotopic (exact) mass is 477 g/mol. The van der Waals surface area contributed by atoms with E-state index in [4.69, 9.17) is 0 Å². The van der Waals surface area contributed by atoms with Gasteiger partial charge in [-0.2, -0.15) is 33.4 Å². The summed E-state index contributed by atoms with van der Waals surface area (Å²) < 4.78 is 67.5. The number of benzene rings is 1. The summed E-state index contributed by atoms with van der Waals surface area (Å²) in [5.74, 6) is -4.01. The number of aryl methyl sites for hydroxylation is 1. The maximum atomic E-state index is 14.7. The standard InChI is InChI=1S/C21H16F5N7O/c22-20(23)5-8-32(17(20)3-4-18-28-11-14(12-29-18)21(24,25)26)19(34)15-9-13(10-27)1-2-16(15)33-30-6-7-31-33/h1-2,6-7,9,11-12,17H,3-5,8H2/t17-/m1/s1. The van der Waals surface area contributed by atoms with E-state index in [2.05, 4.69) is 20.2 Å². The molecule has 4 rings (SSSR count). The van der Waals surface area contributed by atoms with Crippen molar-refractivity contribution in [1.29, 1.82) is 5.26 Å². The molecule has 3 aromatic rings. The number of hydrogen-bond donors (Lipinski definition) is 0. The lowest BCUT2D eigenvalue weighted by Crippen LogP contribution is -2.43. The lowest BCUT2D eigenvalue weighted by molar-refractivity contribution is -0.138. The highest BCUT2D eigenvalue weighted by atomic mass is 19.4. The molecule has 1 atom stereocenters. The number of hydrogen-bond acceptors (Lipinski definition) is 6. The topological polar surface area (TPSA) is 101 Å². The molecule has 1 aliphatic rings. The number of rotatable bonds is 5. The van der Waals surface area contributed by atoms with E-state index in [1.54, 1.807) is 0 Å². The summed E-state index contributed by atoms with van der Waals surface area (Å²) in [4.78, 5) is 22.7. The summed E-state index contributed by atoms with van der Waals surface area (Å²) in [6, 6.07) is 4.56. The summed E-state index contributed by atoms with van der Waals surface area (Å²) in [7, 11) is 0. The minimum absolute atomic E-state index is 0.0243. The van der Waals surface area contributed by atoms with Crippen molar-refractivity contribution in [3.8, 4) is 11.8 Å². The highest BCUT2D eigenvalue weighted by molar-refractivity contribution is 5.98. The average Bonchev–Trinajstić information content (AvgIpc) is 3.44. The Morgan fingerprint density at radius 2 is 1.85 bits per heavy atom. The second-order valence-corrected chi connectivity index (χ2v) is 7.61. The molecule has 1 saturated heterocycles. The van der Waals surface area contributed by atoms with E-state index in [9.17, 15) is 32.0 Å². The first-order chi connectivity index (χ1) is 16.1. The van der Waals surface area contributed by atoms with E-state index in [-0.39, 0.29) is 42.0 Å². The van der Waals surface area contributed by atoms with Crippen molar-refractivity contribution in [2.75, 3.05) is 6.54 Å². The molecule has 0 unspecified atom stereocenters. The van der Waals surface area contributed by atoms with Crippen molar-refractivity contribution in [3.63, 3.8) is 0 Å². The SMILES string of the molecule is N#Cc1ccc(-n2nccn2)c(C(=O)N2CCC(F)(F)[C@H]2CCc2ncc(C(F)(F)F)cn2)c1. The van der Waals surface area contributed by atoms with E-state index in [0.717, 1.165) is 9.70 Å². The molecular formula is C21H16F5N7O. The van der Waals surface area contributed by atoms with E-state index in [1.165, 1.54) is 30.6 Å². The molecule has 0 bridgehead atoms. The Morgan fingerprint density at radius 1 is 1.18 bits per heavy atom. The van der Waals surface area contributed by atoms with Crippen LogP contribution in [0.1, 0.15) is 40.2 Å². The van der Waals surface area contributed by atoms with Crippen LogP contribution in [-0.2, 0) is 12.6 Å². The van der Waals surface area contributed by atoms with Gasteiger partial charge in [-0.15, -0.1) is 0 Å². The fraction of sp³-hybridized carbons (Fsp3) is 0.333. The molecule has 0 N–H and O–H groups in total. The normalized spacial score (nSPS) is 17.5. The first-order valence-electron chi connectivity index (χ1n) is 10.1. The molecule has 0 spiro atoms. The summed E-state index contributed by atoms with van der Waals surface area (Å²) in [5.41, 5.74) is -0.700. The maximum absolute atomic E-state index is 14.7. The van der Waals surface area contributed by atoms with Gasteiger partial charge in [0.15, 0.2) is 0 Å². The highest BCUT2D eigenvalue weighted by Gasteiger charge is 2.50. The van der Waals surface area contributed by atoms with Gasteiger partial charge in [0, 0.05) is 31.8 Å². The first kappa shape index (κ1) is 23.2. The molecule has 0 saturated carbocycles. The van der Waals surface area contributed by atoms with Crippen LogP contribution in [0.3, 0.4) is 0 Å². The van der Waals surface area contributed by atoms with Crippen LogP contribution in [-0.4, -0.2) is 54.3 Å². The Kier molecular flexibility index (Phi) is 5.99. The number of halogens is 5. The van der Waals surface area contributed by atoms with Crippen LogP contribution in [0.5, 0.6) is 0 Å². The van der Waals surface area contributed by atoms with Gasteiger partial charge in [-0.25, -0.2) is 18.7 Å². The van der Waals surface area contributed by atoms with Crippen molar-refractivity contribution in [2.24, 2.45) is 0 Å². The van der Waals surface area contributed by atoms with Crippen LogP contribution in [0.4, 0.5) is 22.0 Å². The molecule has 34 heavy (non-hydrogen) atoms. The Morgan fingerprint density at radius 3 is 2.47 bits per heavy atom. The smallest absolute Gasteiger partial charge is 0.329 e. The summed E-state index contributed by atoms with van der Waals surface area (Å²) >= 11 is 0. The third-order valence-electron chi connectivity index (χ3n) is 5.47. The van der Waals surface area contributed by atoms with Crippen LogP contribution in [0, 0.1) is 11.3 Å². The number of nitriles is 1. The van der Waals surface area contributed by atoms with Gasteiger partial charge in [0.2, 0.25) is 0 Å². The van der Waals surface area contributed by atoms with E-state index >= 15 is 0 Å². The zero-order valence-electron chi connectivity index (χ0n) is 17.4. The van der Waals surface area contributed by atoms with Gasteiger partial charge in [-0.3, -0.25) is 4.79 Å². The lowest BCUT2D eigenvalue weighted by atomic mass is 10.0. The molecule has 0 aliphatic carbocycles. The van der Waals surface area contributed by atoms with Gasteiger partial charge in [0.1, 0.15) is 5.82 Å².